The van der Waals surface area contributed by atoms with Crippen molar-refractivity contribution in [3.63, 3.8) is 0 Å². The molecule has 0 fully saturated rings. The molecule has 0 saturated carbocycles. The van der Waals surface area contributed by atoms with Crippen molar-refractivity contribution in [2.45, 2.75) is 20.4 Å². The molecule has 4 rings (SSSR count). The second-order valence-corrected chi connectivity index (χ2v) is 5.17. The predicted octanol–water partition coefficient (Wildman–Crippen LogP) is 2.25. The molecular weight excluding hydrogens is 280 g/mol. The summed E-state index contributed by atoms with van der Waals surface area (Å²) in [5.41, 5.74) is 3.69. The highest BCUT2D eigenvalue weighted by Crippen LogP contribution is 2.18. The summed E-state index contributed by atoms with van der Waals surface area (Å²) in [4.78, 5) is 8.78. The van der Waals surface area contributed by atoms with Gasteiger partial charge in [0.05, 0.1) is 11.9 Å². The molecule has 0 bridgehead atoms. The molecule has 0 unspecified atom stereocenters. The summed E-state index contributed by atoms with van der Waals surface area (Å²) in [6.07, 6.45) is 3.67. The van der Waals surface area contributed by atoms with Crippen molar-refractivity contribution in [3.05, 3.63) is 53.9 Å². The first-order valence-electron chi connectivity index (χ1n) is 6.97. The van der Waals surface area contributed by atoms with Gasteiger partial charge >= 0.3 is 0 Å². The Bertz CT molecular complexity index is 948. The highest BCUT2D eigenvalue weighted by Gasteiger charge is 2.14. The molecule has 7 heteroatoms. The Morgan fingerprint density at radius 3 is 2.95 bits per heavy atom. The first-order valence-corrected chi connectivity index (χ1v) is 6.97. The minimum absolute atomic E-state index is 0.462. The zero-order chi connectivity index (χ0) is 15.1. The van der Waals surface area contributed by atoms with E-state index in [1.54, 1.807) is 6.20 Å². The van der Waals surface area contributed by atoms with Crippen molar-refractivity contribution in [2.75, 3.05) is 0 Å². The molecule has 0 aliphatic rings. The van der Waals surface area contributed by atoms with Gasteiger partial charge < -0.3 is 4.52 Å². The fourth-order valence-corrected chi connectivity index (χ4v) is 2.48. The number of rotatable bonds is 3. The molecule has 7 nitrogen and oxygen atoms in total. The summed E-state index contributed by atoms with van der Waals surface area (Å²) in [6, 6.07) is 7.83. The fraction of sp³-hybridized carbons (Fsp3) is 0.200. The van der Waals surface area contributed by atoms with Gasteiger partial charge in [0.15, 0.2) is 0 Å². The SMILES string of the molecule is Cc1cc(C)n(Cc2nc(-c3cnc4ccccn34)no2)n1. The van der Waals surface area contributed by atoms with Crippen LogP contribution in [-0.2, 0) is 6.54 Å². The zero-order valence-corrected chi connectivity index (χ0v) is 12.3. The molecule has 0 radical (unpaired) electrons. The quantitative estimate of drug-likeness (QED) is 0.579. The molecule has 0 aromatic carbocycles. The Balaban J connectivity index is 1.68. The number of nitrogens with zero attached hydrogens (tertiary/aromatic N) is 6. The van der Waals surface area contributed by atoms with Crippen LogP contribution >= 0.6 is 0 Å². The number of imidazole rings is 1. The number of aryl methyl sites for hydroxylation is 2. The van der Waals surface area contributed by atoms with Gasteiger partial charge in [0, 0.05) is 11.9 Å². The average Bonchev–Trinajstić information content (AvgIpc) is 3.18. The van der Waals surface area contributed by atoms with Crippen LogP contribution in [0.2, 0.25) is 0 Å². The van der Waals surface area contributed by atoms with Crippen molar-refractivity contribution < 1.29 is 4.52 Å². The molecule has 0 atom stereocenters. The first kappa shape index (κ1) is 12.8. The number of hydrogen-bond acceptors (Lipinski definition) is 5. The molecule has 110 valence electrons. The number of aromatic nitrogens is 6. The summed E-state index contributed by atoms with van der Waals surface area (Å²) in [6.45, 7) is 4.42. The smallest absolute Gasteiger partial charge is 0.248 e. The lowest BCUT2D eigenvalue weighted by atomic mass is 10.4. The van der Waals surface area contributed by atoms with E-state index in [4.69, 9.17) is 4.52 Å². The monoisotopic (exact) mass is 294 g/mol. The van der Waals surface area contributed by atoms with Crippen LogP contribution in [-0.4, -0.2) is 29.3 Å². The van der Waals surface area contributed by atoms with Gasteiger partial charge in [-0.05, 0) is 32.0 Å². The number of hydrogen-bond donors (Lipinski definition) is 0. The maximum atomic E-state index is 5.34. The van der Waals surface area contributed by atoms with Gasteiger partial charge in [-0.1, -0.05) is 11.2 Å². The van der Waals surface area contributed by atoms with Crippen molar-refractivity contribution >= 4 is 5.65 Å². The summed E-state index contributed by atoms with van der Waals surface area (Å²) in [7, 11) is 0. The molecule has 4 aromatic heterocycles. The molecule has 0 N–H and O–H groups in total. The van der Waals surface area contributed by atoms with Crippen molar-refractivity contribution in [1.82, 2.24) is 29.3 Å². The molecule has 0 spiro atoms. The van der Waals surface area contributed by atoms with E-state index in [9.17, 15) is 0 Å². The molecule has 0 aliphatic heterocycles. The minimum Gasteiger partial charge on any atom is -0.337 e. The second kappa shape index (κ2) is 4.80. The minimum atomic E-state index is 0.462. The predicted molar refractivity (Wildman–Crippen MR) is 79.3 cm³/mol. The number of pyridine rings is 1. The second-order valence-electron chi connectivity index (χ2n) is 5.17. The highest BCUT2D eigenvalue weighted by molar-refractivity contribution is 5.56. The lowest BCUT2D eigenvalue weighted by molar-refractivity contribution is 0.364. The summed E-state index contributed by atoms with van der Waals surface area (Å²) >= 11 is 0. The van der Waals surface area contributed by atoms with Gasteiger partial charge in [-0.3, -0.25) is 9.08 Å². The molecular formula is C15H14N6O. The Labute approximate surface area is 126 Å². The molecule has 22 heavy (non-hydrogen) atoms. The van der Waals surface area contributed by atoms with E-state index < -0.39 is 0 Å². The van der Waals surface area contributed by atoms with Gasteiger partial charge in [-0.2, -0.15) is 10.1 Å². The van der Waals surface area contributed by atoms with E-state index in [0.29, 0.717) is 18.3 Å². The third kappa shape index (κ3) is 2.07. The van der Waals surface area contributed by atoms with Crippen LogP contribution in [0.3, 0.4) is 0 Å². The van der Waals surface area contributed by atoms with Gasteiger partial charge in [0.25, 0.3) is 0 Å². The maximum absolute atomic E-state index is 5.34. The topological polar surface area (TPSA) is 74.0 Å². The average molecular weight is 294 g/mol. The summed E-state index contributed by atoms with van der Waals surface area (Å²) < 4.78 is 9.12. The lowest BCUT2D eigenvalue weighted by Crippen LogP contribution is -2.04. The maximum Gasteiger partial charge on any atom is 0.248 e. The molecule has 4 heterocycles. The van der Waals surface area contributed by atoms with Crippen LogP contribution in [0.5, 0.6) is 0 Å². The van der Waals surface area contributed by atoms with E-state index in [0.717, 1.165) is 22.7 Å². The van der Waals surface area contributed by atoms with E-state index in [2.05, 4.69) is 20.2 Å². The Morgan fingerprint density at radius 1 is 1.23 bits per heavy atom. The van der Waals surface area contributed by atoms with E-state index >= 15 is 0 Å². The van der Waals surface area contributed by atoms with Crippen LogP contribution in [0.1, 0.15) is 17.3 Å². The number of fused-ring (bicyclic) bond motifs is 1. The van der Waals surface area contributed by atoms with Gasteiger partial charge in [0.1, 0.15) is 17.9 Å². The molecule has 4 aromatic rings. The van der Waals surface area contributed by atoms with E-state index in [1.165, 1.54) is 0 Å². The largest absolute Gasteiger partial charge is 0.337 e. The molecule has 0 amide bonds. The zero-order valence-electron chi connectivity index (χ0n) is 12.3. The molecule has 0 aliphatic carbocycles. The third-order valence-electron chi connectivity index (χ3n) is 3.50. The summed E-state index contributed by atoms with van der Waals surface area (Å²) in [5.74, 6) is 1.04. The van der Waals surface area contributed by atoms with E-state index in [1.807, 2.05) is 53.4 Å². The van der Waals surface area contributed by atoms with E-state index in [-0.39, 0.29) is 0 Å². The lowest BCUT2D eigenvalue weighted by Gasteiger charge is -1.98. The van der Waals surface area contributed by atoms with Crippen molar-refractivity contribution in [1.29, 1.82) is 0 Å². The van der Waals surface area contributed by atoms with Crippen LogP contribution < -0.4 is 0 Å². The first-order chi connectivity index (χ1) is 10.7. The van der Waals surface area contributed by atoms with Crippen molar-refractivity contribution in [3.8, 4) is 11.5 Å². The standard InChI is InChI=1S/C15H14N6O/c1-10-7-11(2)21(18-10)9-14-17-15(19-22-14)12-8-16-13-5-3-4-6-20(12)13/h3-8H,9H2,1-2H3. The highest BCUT2D eigenvalue weighted by atomic mass is 16.5. The summed E-state index contributed by atoms with van der Waals surface area (Å²) in [5, 5.41) is 8.45. The Hall–Kier alpha value is -2.96. The van der Waals surface area contributed by atoms with Crippen LogP contribution in [0.4, 0.5) is 0 Å². The van der Waals surface area contributed by atoms with Gasteiger partial charge in [0.2, 0.25) is 11.7 Å². The normalized spacial score (nSPS) is 11.4. The fourth-order valence-electron chi connectivity index (χ4n) is 2.48. The Kier molecular flexibility index (Phi) is 2.78. The van der Waals surface area contributed by atoms with Crippen LogP contribution in [0, 0.1) is 13.8 Å². The van der Waals surface area contributed by atoms with Crippen LogP contribution in [0.25, 0.3) is 17.2 Å². The van der Waals surface area contributed by atoms with Gasteiger partial charge in [-0.25, -0.2) is 4.98 Å². The third-order valence-corrected chi connectivity index (χ3v) is 3.50. The van der Waals surface area contributed by atoms with Crippen LogP contribution in [0.15, 0.2) is 41.2 Å². The molecule has 0 saturated heterocycles. The van der Waals surface area contributed by atoms with Crippen molar-refractivity contribution in [2.24, 2.45) is 0 Å². The Morgan fingerprint density at radius 2 is 2.14 bits per heavy atom. The van der Waals surface area contributed by atoms with Gasteiger partial charge in [-0.15, -0.1) is 0 Å².